The second-order valence-electron chi connectivity index (χ2n) is 8.78. The van der Waals surface area contributed by atoms with Crippen LogP contribution in [0.2, 0.25) is 5.02 Å². The van der Waals surface area contributed by atoms with Gasteiger partial charge in [-0.25, -0.2) is 0 Å². The Morgan fingerprint density at radius 3 is 2.47 bits per heavy atom. The van der Waals surface area contributed by atoms with Crippen LogP contribution in [0.1, 0.15) is 48.5 Å². The summed E-state index contributed by atoms with van der Waals surface area (Å²) in [5.74, 6) is -0.706. The van der Waals surface area contributed by atoms with E-state index in [1.807, 2.05) is 20.8 Å². The van der Waals surface area contributed by atoms with Gasteiger partial charge in [0.2, 0.25) is 11.8 Å². The molecule has 9 heteroatoms. The third kappa shape index (κ3) is 6.65. The summed E-state index contributed by atoms with van der Waals surface area (Å²) in [6.45, 7) is 5.47. The zero-order valence-electron chi connectivity index (χ0n) is 20.7. The number of nitrogens with zero attached hydrogens (tertiary/aromatic N) is 1. The van der Waals surface area contributed by atoms with Gasteiger partial charge in [-0.2, -0.15) is 0 Å². The number of para-hydroxylation sites is 1. The van der Waals surface area contributed by atoms with E-state index in [1.165, 1.54) is 23.3 Å². The van der Waals surface area contributed by atoms with Gasteiger partial charge in [-0.15, -0.1) is 11.3 Å². The molecule has 36 heavy (non-hydrogen) atoms. The summed E-state index contributed by atoms with van der Waals surface area (Å²) >= 11 is 7.80. The van der Waals surface area contributed by atoms with Gasteiger partial charge in [0.1, 0.15) is 11.8 Å². The van der Waals surface area contributed by atoms with Gasteiger partial charge in [0.15, 0.2) is 0 Å². The van der Waals surface area contributed by atoms with Crippen LogP contribution in [0.15, 0.2) is 66.0 Å². The molecule has 0 bridgehead atoms. The maximum absolute atomic E-state index is 13.8. The lowest BCUT2D eigenvalue weighted by molar-refractivity contribution is -0.127. The fourth-order valence-electron chi connectivity index (χ4n) is 3.52. The summed E-state index contributed by atoms with van der Waals surface area (Å²) in [5, 5.41) is 7.79. The predicted octanol–water partition coefficient (Wildman–Crippen LogP) is 5.22. The molecular weight excluding hydrogens is 498 g/mol. The second-order valence-corrected chi connectivity index (χ2v) is 10.1. The van der Waals surface area contributed by atoms with Crippen LogP contribution in [-0.4, -0.2) is 36.9 Å². The van der Waals surface area contributed by atoms with Gasteiger partial charge >= 0.3 is 0 Å². The first-order valence-electron chi connectivity index (χ1n) is 11.5. The number of halogens is 1. The molecule has 0 aliphatic carbocycles. The van der Waals surface area contributed by atoms with Crippen molar-refractivity contribution >= 4 is 46.3 Å². The Morgan fingerprint density at radius 1 is 1.08 bits per heavy atom. The summed E-state index contributed by atoms with van der Waals surface area (Å²) in [5.41, 5.74) is 0.375. The van der Waals surface area contributed by atoms with Crippen LogP contribution in [-0.2, 0) is 9.59 Å². The van der Waals surface area contributed by atoms with Gasteiger partial charge in [0.05, 0.1) is 29.2 Å². The number of nitrogens with one attached hydrogen (secondary N) is 2. The standard InChI is InChI=1S/C27H30ClN3O4S/c1-5-27(2,3)30-26(34)24(18-10-8-11-19(16-18)35-4)31(21-13-7-6-12-20(21)28)23(32)17-29-25(33)22-14-9-15-36-22/h6-16,24H,5,17H2,1-4H3,(H,29,33)(H,30,34)/t24-/m0/s1. The molecule has 1 heterocycles. The Morgan fingerprint density at radius 2 is 1.83 bits per heavy atom. The number of rotatable bonds is 10. The Hall–Kier alpha value is -3.36. The van der Waals surface area contributed by atoms with E-state index < -0.39 is 17.5 Å². The Balaban J connectivity index is 2.07. The topological polar surface area (TPSA) is 87.7 Å². The summed E-state index contributed by atoms with van der Waals surface area (Å²) in [6, 6.07) is 16.2. The fourth-order valence-corrected chi connectivity index (χ4v) is 4.39. The first-order chi connectivity index (χ1) is 17.2. The van der Waals surface area contributed by atoms with E-state index in [0.717, 1.165) is 0 Å². The lowest BCUT2D eigenvalue weighted by atomic mass is 9.98. The third-order valence-electron chi connectivity index (χ3n) is 5.79. The number of thiophene rings is 1. The van der Waals surface area contributed by atoms with Gasteiger partial charge < -0.3 is 15.4 Å². The largest absolute Gasteiger partial charge is 0.497 e. The lowest BCUT2D eigenvalue weighted by Gasteiger charge is -2.35. The molecule has 3 aromatic rings. The van der Waals surface area contributed by atoms with Gasteiger partial charge in [-0.3, -0.25) is 19.3 Å². The van der Waals surface area contributed by atoms with E-state index in [0.29, 0.717) is 33.3 Å². The van der Waals surface area contributed by atoms with Gasteiger partial charge in [0.25, 0.3) is 5.91 Å². The summed E-state index contributed by atoms with van der Waals surface area (Å²) in [7, 11) is 1.53. The molecule has 7 nitrogen and oxygen atoms in total. The average Bonchev–Trinajstić information content (AvgIpc) is 3.41. The molecular formula is C27H30ClN3O4S. The number of ether oxygens (including phenoxy) is 1. The van der Waals surface area contributed by atoms with E-state index in [4.69, 9.17) is 16.3 Å². The van der Waals surface area contributed by atoms with Crippen molar-refractivity contribution in [3.63, 3.8) is 0 Å². The zero-order valence-corrected chi connectivity index (χ0v) is 22.3. The number of hydrogen-bond acceptors (Lipinski definition) is 5. The molecule has 1 aromatic heterocycles. The van der Waals surface area contributed by atoms with Crippen molar-refractivity contribution in [1.29, 1.82) is 0 Å². The van der Waals surface area contributed by atoms with Crippen molar-refractivity contribution in [2.45, 2.75) is 38.8 Å². The number of methoxy groups -OCH3 is 1. The Kier molecular flexibility index (Phi) is 9.12. The smallest absolute Gasteiger partial charge is 0.261 e. The number of carbonyl (C=O) groups excluding carboxylic acids is 3. The van der Waals surface area contributed by atoms with Crippen molar-refractivity contribution < 1.29 is 19.1 Å². The first kappa shape index (κ1) is 27.2. The molecule has 0 aliphatic heterocycles. The highest BCUT2D eigenvalue weighted by atomic mass is 35.5. The molecule has 3 amide bonds. The summed E-state index contributed by atoms with van der Waals surface area (Å²) in [6.07, 6.45) is 0.681. The highest BCUT2D eigenvalue weighted by Gasteiger charge is 2.36. The number of carbonyl (C=O) groups is 3. The second kappa shape index (κ2) is 12.1. The van der Waals surface area contributed by atoms with Crippen LogP contribution in [0.3, 0.4) is 0 Å². The van der Waals surface area contributed by atoms with Crippen LogP contribution >= 0.6 is 22.9 Å². The molecule has 0 fully saturated rings. The van der Waals surface area contributed by atoms with Crippen molar-refractivity contribution in [3.8, 4) is 5.75 Å². The van der Waals surface area contributed by atoms with Crippen LogP contribution in [0.5, 0.6) is 5.75 Å². The molecule has 2 N–H and O–H groups in total. The van der Waals surface area contributed by atoms with E-state index >= 15 is 0 Å². The van der Waals surface area contributed by atoms with E-state index in [-0.39, 0.29) is 18.4 Å². The molecule has 0 unspecified atom stereocenters. The Labute approximate surface area is 220 Å². The SMILES string of the molecule is CCC(C)(C)NC(=O)[C@H](c1cccc(OC)c1)N(C(=O)CNC(=O)c1cccs1)c1ccccc1Cl. The van der Waals surface area contributed by atoms with Crippen LogP contribution in [0.4, 0.5) is 5.69 Å². The van der Waals surface area contributed by atoms with E-state index in [1.54, 1.807) is 66.0 Å². The van der Waals surface area contributed by atoms with Crippen molar-refractivity contribution in [1.82, 2.24) is 10.6 Å². The zero-order chi connectivity index (χ0) is 26.3. The minimum absolute atomic E-state index is 0.297. The predicted molar refractivity (Wildman–Crippen MR) is 144 cm³/mol. The van der Waals surface area contributed by atoms with Crippen LogP contribution in [0, 0.1) is 0 Å². The molecule has 0 spiro atoms. The molecule has 1 atom stereocenters. The minimum atomic E-state index is -1.07. The molecule has 0 radical (unpaired) electrons. The first-order valence-corrected chi connectivity index (χ1v) is 12.8. The fraction of sp³-hybridized carbons (Fsp3) is 0.296. The van der Waals surface area contributed by atoms with Crippen molar-refractivity contribution in [2.24, 2.45) is 0 Å². The molecule has 0 saturated heterocycles. The molecule has 0 aliphatic rings. The monoisotopic (exact) mass is 527 g/mol. The normalized spacial score (nSPS) is 11.9. The quantitative estimate of drug-likeness (QED) is 0.378. The van der Waals surface area contributed by atoms with Gasteiger partial charge in [-0.05, 0) is 61.5 Å². The van der Waals surface area contributed by atoms with E-state index in [9.17, 15) is 14.4 Å². The van der Waals surface area contributed by atoms with E-state index in [2.05, 4.69) is 10.6 Å². The van der Waals surface area contributed by atoms with Crippen molar-refractivity contribution in [3.05, 3.63) is 81.5 Å². The number of anilines is 1. The highest BCUT2D eigenvalue weighted by Crippen LogP contribution is 2.34. The summed E-state index contributed by atoms with van der Waals surface area (Å²) in [4.78, 5) is 41.9. The maximum atomic E-state index is 13.8. The molecule has 3 rings (SSSR count). The number of benzene rings is 2. The molecule has 190 valence electrons. The van der Waals surface area contributed by atoms with Gasteiger partial charge in [0, 0.05) is 5.54 Å². The Bertz CT molecular complexity index is 1210. The van der Waals surface area contributed by atoms with Crippen LogP contribution < -0.4 is 20.3 Å². The van der Waals surface area contributed by atoms with Crippen molar-refractivity contribution in [2.75, 3.05) is 18.6 Å². The maximum Gasteiger partial charge on any atom is 0.261 e. The number of amides is 3. The molecule has 2 aromatic carbocycles. The molecule has 0 saturated carbocycles. The lowest BCUT2D eigenvalue weighted by Crippen LogP contribution is -2.52. The van der Waals surface area contributed by atoms with Crippen LogP contribution in [0.25, 0.3) is 0 Å². The van der Waals surface area contributed by atoms with Gasteiger partial charge in [-0.1, -0.05) is 48.9 Å². The average molecular weight is 528 g/mol. The summed E-state index contributed by atoms with van der Waals surface area (Å²) < 4.78 is 5.38. The third-order valence-corrected chi connectivity index (χ3v) is 6.98. The highest BCUT2D eigenvalue weighted by molar-refractivity contribution is 7.12. The number of hydrogen-bond donors (Lipinski definition) is 2. The minimum Gasteiger partial charge on any atom is -0.497 e.